The van der Waals surface area contributed by atoms with Gasteiger partial charge in [-0.3, -0.25) is 4.79 Å². The van der Waals surface area contributed by atoms with Crippen molar-refractivity contribution >= 4 is 5.97 Å². The summed E-state index contributed by atoms with van der Waals surface area (Å²) < 4.78 is 0. The summed E-state index contributed by atoms with van der Waals surface area (Å²) in [5.74, 6) is -1.41. The number of aliphatic carboxylic acids is 1. The summed E-state index contributed by atoms with van der Waals surface area (Å²) in [5.41, 5.74) is -1.07. The van der Waals surface area contributed by atoms with Crippen LogP contribution in [0.25, 0.3) is 0 Å². The van der Waals surface area contributed by atoms with E-state index in [9.17, 15) is 15.0 Å². The molecule has 0 aromatic heterocycles. The molecule has 3 nitrogen and oxygen atoms in total. The molecule has 1 fully saturated rings. The second kappa shape index (κ2) is 4.97. The number of hydrogen-bond acceptors (Lipinski definition) is 2. The quantitative estimate of drug-likeness (QED) is 0.799. The molecule has 0 aliphatic heterocycles. The first-order chi connectivity index (χ1) is 7.73. The van der Waals surface area contributed by atoms with Gasteiger partial charge in [-0.05, 0) is 30.6 Å². The molecule has 0 aromatic carbocycles. The first kappa shape index (κ1) is 14.5. The van der Waals surface area contributed by atoms with Gasteiger partial charge >= 0.3 is 5.97 Å². The zero-order chi connectivity index (χ0) is 13.3. The molecule has 0 amide bonds. The van der Waals surface area contributed by atoms with Crippen LogP contribution in [-0.2, 0) is 4.79 Å². The maximum absolute atomic E-state index is 11.3. The normalized spacial score (nSPS) is 32.2. The van der Waals surface area contributed by atoms with Crippen molar-refractivity contribution < 1.29 is 15.0 Å². The molecule has 0 heterocycles. The average Bonchev–Trinajstić information content (AvgIpc) is 2.16. The van der Waals surface area contributed by atoms with Gasteiger partial charge in [0.2, 0.25) is 0 Å². The Hall–Kier alpha value is -0.570. The second-order valence-corrected chi connectivity index (χ2v) is 6.45. The van der Waals surface area contributed by atoms with Gasteiger partial charge in [0.15, 0.2) is 0 Å². The van der Waals surface area contributed by atoms with E-state index in [-0.39, 0.29) is 11.3 Å². The summed E-state index contributed by atoms with van der Waals surface area (Å²) in [6.07, 6.45) is 4.09. The summed E-state index contributed by atoms with van der Waals surface area (Å²) in [6.45, 7) is 8.15. The summed E-state index contributed by atoms with van der Waals surface area (Å²) >= 11 is 0. The van der Waals surface area contributed by atoms with Crippen molar-refractivity contribution in [1.29, 1.82) is 0 Å². The van der Waals surface area contributed by atoms with Crippen LogP contribution in [0.2, 0.25) is 0 Å². The molecule has 0 spiro atoms. The van der Waals surface area contributed by atoms with Crippen molar-refractivity contribution in [1.82, 2.24) is 0 Å². The van der Waals surface area contributed by atoms with Crippen LogP contribution >= 0.6 is 0 Å². The van der Waals surface area contributed by atoms with Crippen LogP contribution < -0.4 is 0 Å². The van der Waals surface area contributed by atoms with E-state index in [4.69, 9.17) is 0 Å². The third kappa shape index (κ3) is 2.82. The van der Waals surface area contributed by atoms with Gasteiger partial charge in [-0.1, -0.05) is 40.5 Å². The minimum absolute atomic E-state index is 0.0436. The average molecular weight is 242 g/mol. The summed E-state index contributed by atoms with van der Waals surface area (Å²) in [7, 11) is 0. The highest BCUT2D eigenvalue weighted by molar-refractivity contribution is 5.71. The van der Waals surface area contributed by atoms with E-state index in [0.717, 1.165) is 19.3 Å². The maximum Gasteiger partial charge on any atom is 0.309 e. The molecule has 0 aromatic rings. The number of carboxylic acids is 1. The number of carboxylic acid groups (broad SMARTS) is 1. The second-order valence-electron chi connectivity index (χ2n) is 6.45. The number of aliphatic hydroxyl groups is 1. The highest BCUT2D eigenvalue weighted by Crippen LogP contribution is 2.48. The maximum atomic E-state index is 11.3. The van der Waals surface area contributed by atoms with Crippen LogP contribution in [0, 0.1) is 17.3 Å². The molecule has 100 valence electrons. The molecule has 1 saturated carbocycles. The molecule has 3 heteroatoms. The Labute approximate surface area is 104 Å². The number of rotatable bonds is 3. The van der Waals surface area contributed by atoms with E-state index in [2.05, 4.69) is 20.8 Å². The Bertz CT molecular complexity index is 280. The van der Waals surface area contributed by atoms with Crippen molar-refractivity contribution in [2.24, 2.45) is 17.3 Å². The molecule has 1 aliphatic carbocycles. The fourth-order valence-corrected chi connectivity index (χ4v) is 3.52. The van der Waals surface area contributed by atoms with Gasteiger partial charge in [0.1, 0.15) is 0 Å². The SMILES string of the molecule is CCC(C(=O)O)C1(O)CCCCC1C(C)(C)C. The van der Waals surface area contributed by atoms with Gasteiger partial charge in [-0.15, -0.1) is 0 Å². The van der Waals surface area contributed by atoms with Crippen molar-refractivity contribution in [3.8, 4) is 0 Å². The van der Waals surface area contributed by atoms with Gasteiger partial charge < -0.3 is 10.2 Å². The minimum Gasteiger partial charge on any atom is -0.481 e. The Kier molecular flexibility index (Phi) is 4.23. The van der Waals surface area contributed by atoms with Gasteiger partial charge in [0.05, 0.1) is 11.5 Å². The predicted octanol–water partition coefficient (Wildman–Crippen LogP) is 3.06. The fourth-order valence-electron chi connectivity index (χ4n) is 3.52. The lowest BCUT2D eigenvalue weighted by Crippen LogP contribution is -2.54. The van der Waals surface area contributed by atoms with Crippen LogP contribution in [0.5, 0.6) is 0 Å². The number of carbonyl (C=O) groups is 1. The predicted molar refractivity (Wildman–Crippen MR) is 67.8 cm³/mol. The summed E-state index contributed by atoms with van der Waals surface area (Å²) in [5, 5.41) is 20.2. The molecule has 2 N–H and O–H groups in total. The van der Waals surface area contributed by atoms with Gasteiger partial charge in [0.25, 0.3) is 0 Å². The van der Waals surface area contributed by atoms with Crippen molar-refractivity contribution in [3.05, 3.63) is 0 Å². The van der Waals surface area contributed by atoms with E-state index in [1.807, 2.05) is 6.92 Å². The topological polar surface area (TPSA) is 57.5 Å². The minimum atomic E-state index is -1.03. The largest absolute Gasteiger partial charge is 0.481 e. The lowest BCUT2D eigenvalue weighted by atomic mass is 9.59. The molecule has 17 heavy (non-hydrogen) atoms. The third-order valence-corrected chi connectivity index (χ3v) is 4.28. The molecule has 3 unspecified atom stereocenters. The zero-order valence-electron chi connectivity index (χ0n) is 11.5. The lowest BCUT2D eigenvalue weighted by Gasteiger charge is -2.49. The lowest BCUT2D eigenvalue weighted by molar-refractivity contribution is -0.170. The molecule has 0 bridgehead atoms. The van der Waals surface area contributed by atoms with Crippen molar-refractivity contribution in [2.45, 2.75) is 65.4 Å². The third-order valence-electron chi connectivity index (χ3n) is 4.28. The van der Waals surface area contributed by atoms with Gasteiger partial charge in [0, 0.05) is 0 Å². The highest BCUT2D eigenvalue weighted by Gasteiger charge is 2.51. The molecule has 0 radical (unpaired) electrons. The smallest absolute Gasteiger partial charge is 0.309 e. The Morgan fingerprint density at radius 2 is 2.00 bits per heavy atom. The van der Waals surface area contributed by atoms with E-state index in [1.54, 1.807) is 0 Å². The Morgan fingerprint density at radius 3 is 2.41 bits per heavy atom. The van der Waals surface area contributed by atoms with Crippen LogP contribution in [0.3, 0.4) is 0 Å². The molecule has 0 saturated heterocycles. The van der Waals surface area contributed by atoms with Crippen LogP contribution in [0.4, 0.5) is 0 Å². The molecule has 1 aliphatic rings. The number of hydrogen-bond donors (Lipinski definition) is 2. The Balaban J connectivity index is 3.06. The fraction of sp³-hybridized carbons (Fsp3) is 0.929. The van der Waals surface area contributed by atoms with E-state index in [1.165, 1.54) is 0 Å². The molecule has 1 rings (SSSR count). The Morgan fingerprint density at radius 1 is 1.41 bits per heavy atom. The van der Waals surface area contributed by atoms with Crippen LogP contribution in [-0.4, -0.2) is 21.8 Å². The first-order valence-electron chi connectivity index (χ1n) is 6.68. The van der Waals surface area contributed by atoms with Crippen molar-refractivity contribution in [2.75, 3.05) is 0 Å². The monoisotopic (exact) mass is 242 g/mol. The summed E-state index contributed by atoms with van der Waals surface area (Å²) in [4.78, 5) is 11.3. The van der Waals surface area contributed by atoms with Gasteiger partial charge in [-0.25, -0.2) is 0 Å². The van der Waals surface area contributed by atoms with E-state index < -0.39 is 17.5 Å². The zero-order valence-corrected chi connectivity index (χ0v) is 11.5. The summed E-state index contributed by atoms with van der Waals surface area (Å²) in [6, 6.07) is 0. The van der Waals surface area contributed by atoms with Crippen LogP contribution in [0.15, 0.2) is 0 Å². The van der Waals surface area contributed by atoms with E-state index in [0.29, 0.717) is 12.8 Å². The first-order valence-corrected chi connectivity index (χ1v) is 6.68. The van der Waals surface area contributed by atoms with Gasteiger partial charge in [-0.2, -0.15) is 0 Å². The molecular weight excluding hydrogens is 216 g/mol. The van der Waals surface area contributed by atoms with Crippen LogP contribution in [0.1, 0.15) is 59.8 Å². The molecular formula is C14H26O3. The standard InChI is InChI=1S/C14H26O3/c1-5-10(12(15)16)14(17)9-7-6-8-11(14)13(2,3)4/h10-11,17H,5-9H2,1-4H3,(H,15,16). The van der Waals surface area contributed by atoms with Crippen molar-refractivity contribution in [3.63, 3.8) is 0 Å². The van der Waals surface area contributed by atoms with E-state index >= 15 is 0 Å². The molecule has 3 atom stereocenters. The highest BCUT2D eigenvalue weighted by atomic mass is 16.4.